The minimum Gasteiger partial charge on any atom is -0.325 e. The van der Waals surface area contributed by atoms with Gasteiger partial charge in [-0.15, -0.1) is 0 Å². The molecule has 0 spiro atoms. The Morgan fingerprint density at radius 2 is 0.737 bits per heavy atom. The summed E-state index contributed by atoms with van der Waals surface area (Å²) in [6, 6.07) is 22.9. The van der Waals surface area contributed by atoms with Crippen molar-refractivity contribution in [2.45, 2.75) is 131 Å². The fourth-order valence-corrected chi connectivity index (χ4v) is 6.53. The maximum Gasteiger partial charge on any atom is 0.0757 e. The third-order valence-electron chi connectivity index (χ3n) is 9.66. The summed E-state index contributed by atoms with van der Waals surface area (Å²) in [5.41, 5.74) is 3.17. The van der Waals surface area contributed by atoms with Gasteiger partial charge in [0, 0.05) is 0 Å². The average Bonchev–Trinajstić information content (AvgIpc) is 2.98. The number of benzene rings is 2. The van der Waals surface area contributed by atoms with Crippen molar-refractivity contribution in [3.63, 3.8) is 0 Å². The summed E-state index contributed by atoms with van der Waals surface area (Å²) in [4.78, 5) is 0. The van der Waals surface area contributed by atoms with E-state index in [2.05, 4.69) is 102 Å². The van der Waals surface area contributed by atoms with E-state index in [1.54, 1.807) is 10.9 Å². The van der Waals surface area contributed by atoms with Crippen LogP contribution in [0.5, 0.6) is 0 Å². The van der Waals surface area contributed by atoms with Crippen molar-refractivity contribution < 1.29 is 4.48 Å². The molecule has 0 aliphatic heterocycles. The first-order valence-electron chi connectivity index (χ1n) is 16.7. The van der Waals surface area contributed by atoms with Crippen molar-refractivity contribution in [2.24, 2.45) is 0 Å². The summed E-state index contributed by atoms with van der Waals surface area (Å²) >= 11 is 0. The van der Waals surface area contributed by atoms with Crippen LogP contribution in [0, 0.1) is 0 Å². The van der Waals surface area contributed by atoms with Gasteiger partial charge in [0.1, 0.15) is 0 Å². The highest BCUT2D eigenvalue weighted by Crippen LogP contribution is 2.24. The van der Waals surface area contributed by atoms with E-state index in [4.69, 9.17) is 0 Å². The first kappa shape index (κ1) is 34.5. The van der Waals surface area contributed by atoms with Crippen molar-refractivity contribution in [3.8, 4) is 0 Å². The lowest BCUT2D eigenvalue weighted by Crippen LogP contribution is -2.58. The van der Waals surface area contributed by atoms with E-state index < -0.39 is 6.15 Å². The highest BCUT2D eigenvalue weighted by molar-refractivity contribution is 7.02. The molecule has 2 aromatic rings. The van der Waals surface area contributed by atoms with Gasteiger partial charge in [0.05, 0.1) is 32.3 Å². The van der Waals surface area contributed by atoms with Crippen LogP contribution >= 0.6 is 0 Å². The molecular weight excluding hydrogens is 457 g/mol. The zero-order chi connectivity index (χ0) is 28.0. The molecule has 2 rings (SSSR count). The Morgan fingerprint density at radius 3 is 1.03 bits per heavy atom. The van der Waals surface area contributed by atoms with E-state index >= 15 is 0 Å². The first-order chi connectivity index (χ1) is 18.6. The van der Waals surface area contributed by atoms with Gasteiger partial charge in [-0.3, -0.25) is 0 Å². The van der Waals surface area contributed by atoms with Crippen molar-refractivity contribution in [1.82, 2.24) is 0 Å². The Labute approximate surface area is 239 Å². The summed E-state index contributed by atoms with van der Waals surface area (Å²) in [7, 11) is 0. The highest BCUT2D eigenvalue weighted by Gasteiger charge is 2.27. The van der Waals surface area contributed by atoms with E-state index in [0.29, 0.717) is 0 Å². The smallest absolute Gasteiger partial charge is 0.0757 e. The van der Waals surface area contributed by atoms with Crippen molar-refractivity contribution in [2.75, 3.05) is 26.2 Å². The molecule has 1 nitrogen and oxygen atoms in total. The van der Waals surface area contributed by atoms with Gasteiger partial charge in [0.25, 0.3) is 0 Å². The molecule has 0 bridgehead atoms. The van der Waals surface area contributed by atoms with E-state index in [9.17, 15) is 0 Å². The zero-order valence-electron chi connectivity index (χ0n) is 26.5. The Morgan fingerprint density at radius 1 is 0.421 bits per heavy atom. The minimum absolute atomic E-state index is 0.660. The number of hydrogen-bond donors (Lipinski definition) is 0. The van der Waals surface area contributed by atoms with Crippen molar-refractivity contribution >= 4 is 17.1 Å². The van der Waals surface area contributed by atoms with Crippen LogP contribution in [0.25, 0.3) is 0 Å². The quantitative estimate of drug-likeness (QED) is 0.0924. The molecule has 0 aliphatic rings. The summed E-state index contributed by atoms with van der Waals surface area (Å²) in [5, 5.41) is 0. The molecule has 0 heterocycles. The molecule has 2 heteroatoms. The monoisotopic (exact) mass is 522 g/mol. The molecule has 0 unspecified atom stereocenters. The van der Waals surface area contributed by atoms with Crippen LogP contribution < -0.4 is 10.9 Å². The van der Waals surface area contributed by atoms with Crippen LogP contribution in [0.15, 0.2) is 60.7 Å². The number of rotatable bonds is 20. The van der Waals surface area contributed by atoms with Gasteiger partial charge in [-0.1, -0.05) is 152 Å². The van der Waals surface area contributed by atoms with Gasteiger partial charge in [0.15, 0.2) is 0 Å². The van der Waals surface area contributed by atoms with E-state index in [1.165, 1.54) is 120 Å². The summed E-state index contributed by atoms with van der Waals surface area (Å²) in [5.74, 6) is 0. The molecule has 216 valence electrons. The summed E-state index contributed by atoms with van der Waals surface area (Å²) < 4.78 is 1.28. The topological polar surface area (TPSA) is 0 Å². The zero-order valence-corrected chi connectivity index (χ0v) is 26.5. The molecule has 0 amide bonds. The van der Waals surface area contributed by atoms with Crippen molar-refractivity contribution in [1.29, 1.82) is 0 Å². The standard InChI is InChI=1S/C28H44B.C8H20N/c1-3-5-7-9-11-19-25-29(27-21-15-13-16-22-27,28-23-17-14-18-24-28)26-20-12-10-8-6-4-2;1-5-9(6-2,7-3)8-4/h13-18,21-24H,3-12,19-20,25-26H2,1-2H3;5-8H2,1-4H3/q-1;+1. The molecule has 0 N–H and O–H groups in total. The van der Waals surface area contributed by atoms with Crippen LogP contribution in [0.4, 0.5) is 0 Å². The molecule has 0 fully saturated rings. The summed E-state index contributed by atoms with van der Waals surface area (Å²) in [6.07, 6.45) is 18.6. The van der Waals surface area contributed by atoms with Gasteiger partial charge in [-0.2, -0.15) is 12.6 Å². The average molecular weight is 522 g/mol. The van der Waals surface area contributed by atoms with Crippen LogP contribution in [0.3, 0.4) is 0 Å². The van der Waals surface area contributed by atoms with Gasteiger partial charge in [0.2, 0.25) is 0 Å². The second kappa shape index (κ2) is 21.3. The number of quaternary nitrogens is 1. The van der Waals surface area contributed by atoms with Gasteiger partial charge >= 0.3 is 0 Å². The summed E-state index contributed by atoms with van der Waals surface area (Å²) in [6.45, 7) is 18.8. The predicted molar refractivity (Wildman–Crippen MR) is 177 cm³/mol. The molecule has 0 atom stereocenters. The molecule has 38 heavy (non-hydrogen) atoms. The third kappa shape index (κ3) is 12.1. The van der Waals surface area contributed by atoms with Gasteiger partial charge in [-0.05, 0) is 27.7 Å². The van der Waals surface area contributed by atoms with Crippen LogP contribution in [0.1, 0.15) is 119 Å². The molecule has 0 saturated carbocycles. The molecule has 0 aliphatic carbocycles. The molecule has 2 aromatic carbocycles. The maximum atomic E-state index is 2.40. The lowest BCUT2D eigenvalue weighted by molar-refractivity contribution is -0.921. The second-order valence-electron chi connectivity index (χ2n) is 11.8. The van der Waals surface area contributed by atoms with E-state index in [1.807, 2.05) is 0 Å². The number of nitrogens with zero attached hydrogens (tertiary/aromatic N) is 1. The normalized spacial score (nSPS) is 11.7. The third-order valence-corrected chi connectivity index (χ3v) is 9.66. The minimum atomic E-state index is -0.660. The molecular formula is C36H64BN. The number of unbranched alkanes of at least 4 members (excludes halogenated alkanes) is 10. The molecule has 0 saturated heterocycles. The largest absolute Gasteiger partial charge is 0.325 e. The Kier molecular flexibility index (Phi) is 19.3. The van der Waals surface area contributed by atoms with Crippen LogP contribution in [-0.4, -0.2) is 36.8 Å². The fourth-order valence-electron chi connectivity index (χ4n) is 6.53. The maximum absolute atomic E-state index is 2.40. The Hall–Kier alpha value is -1.54. The second-order valence-corrected chi connectivity index (χ2v) is 11.8. The van der Waals surface area contributed by atoms with Gasteiger partial charge in [-0.25, -0.2) is 10.9 Å². The Bertz CT molecular complexity index is 693. The lowest BCUT2D eigenvalue weighted by atomic mass is 9.15. The molecule has 0 radical (unpaired) electrons. The predicted octanol–water partition coefficient (Wildman–Crippen LogP) is 9.85. The van der Waals surface area contributed by atoms with E-state index in [-0.39, 0.29) is 0 Å². The van der Waals surface area contributed by atoms with Crippen LogP contribution in [-0.2, 0) is 0 Å². The fraction of sp³-hybridized carbons (Fsp3) is 0.667. The molecule has 0 aromatic heterocycles. The lowest BCUT2D eigenvalue weighted by Gasteiger charge is -2.42. The first-order valence-corrected chi connectivity index (χ1v) is 16.7. The van der Waals surface area contributed by atoms with E-state index in [0.717, 1.165) is 0 Å². The van der Waals surface area contributed by atoms with Crippen molar-refractivity contribution in [3.05, 3.63) is 60.7 Å². The SMILES string of the molecule is CCCCCCCC[B-](CCCCCCCC)(c1ccccc1)c1ccccc1.CC[N+](CC)(CC)CC. The number of hydrogen-bond acceptors (Lipinski definition) is 0. The van der Waals surface area contributed by atoms with Gasteiger partial charge < -0.3 is 4.48 Å². The van der Waals surface area contributed by atoms with Crippen LogP contribution in [0.2, 0.25) is 12.6 Å². The Balaban J connectivity index is 0.000000686. The highest BCUT2D eigenvalue weighted by atomic mass is 15.3.